The van der Waals surface area contributed by atoms with Gasteiger partial charge in [-0.05, 0) is 38.0 Å². The Labute approximate surface area is 140 Å². The van der Waals surface area contributed by atoms with Crippen LogP contribution < -0.4 is 10.1 Å². The van der Waals surface area contributed by atoms with Crippen LogP contribution in [-0.4, -0.2) is 30.5 Å². The molecule has 130 valence electrons. The van der Waals surface area contributed by atoms with E-state index in [2.05, 4.69) is 15.5 Å². The van der Waals surface area contributed by atoms with Crippen LogP contribution in [-0.2, 0) is 11.3 Å². The van der Waals surface area contributed by atoms with E-state index in [1.54, 1.807) is 13.2 Å². The van der Waals surface area contributed by atoms with Crippen molar-refractivity contribution in [2.24, 2.45) is 0 Å². The number of methoxy groups -OCH3 is 1. The molecule has 1 aliphatic heterocycles. The quantitative estimate of drug-likeness (QED) is 0.875. The maximum Gasteiger partial charge on any atom is 0.229 e. The number of nitrogens with zero attached hydrogens (tertiary/aromatic N) is 2. The number of benzene rings is 1. The smallest absolute Gasteiger partial charge is 0.229 e. The van der Waals surface area contributed by atoms with Gasteiger partial charge in [0.05, 0.1) is 13.7 Å². The van der Waals surface area contributed by atoms with E-state index in [1.807, 2.05) is 6.92 Å². The van der Waals surface area contributed by atoms with Crippen LogP contribution in [0.3, 0.4) is 0 Å². The van der Waals surface area contributed by atoms with Gasteiger partial charge in [0.15, 0.2) is 5.82 Å². The predicted molar refractivity (Wildman–Crippen MR) is 85.3 cm³/mol. The van der Waals surface area contributed by atoms with Gasteiger partial charge in [0.2, 0.25) is 5.89 Å². The molecule has 0 bridgehead atoms. The van der Waals surface area contributed by atoms with Crippen LogP contribution in [0.4, 0.5) is 4.39 Å². The Bertz CT molecular complexity index is 671. The summed E-state index contributed by atoms with van der Waals surface area (Å²) in [6, 6.07) is 4.37. The van der Waals surface area contributed by atoms with Crippen molar-refractivity contribution >= 4 is 0 Å². The van der Waals surface area contributed by atoms with Gasteiger partial charge < -0.3 is 19.3 Å². The third-order valence-corrected chi connectivity index (χ3v) is 4.28. The van der Waals surface area contributed by atoms with Gasteiger partial charge >= 0.3 is 0 Å². The van der Waals surface area contributed by atoms with Crippen LogP contribution in [0.15, 0.2) is 22.7 Å². The van der Waals surface area contributed by atoms with Crippen molar-refractivity contribution in [3.05, 3.63) is 41.3 Å². The summed E-state index contributed by atoms with van der Waals surface area (Å²) in [6.45, 7) is 3.85. The van der Waals surface area contributed by atoms with Crippen LogP contribution in [0.5, 0.6) is 5.75 Å². The molecule has 0 saturated carbocycles. The number of aromatic nitrogens is 2. The molecule has 1 aromatic heterocycles. The van der Waals surface area contributed by atoms with Crippen molar-refractivity contribution in [1.29, 1.82) is 0 Å². The molecule has 7 heteroatoms. The molecular weight excluding hydrogens is 313 g/mol. The first-order valence-corrected chi connectivity index (χ1v) is 8.14. The summed E-state index contributed by atoms with van der Waals surface area (Å²) in [5.41, 5.74) is 0.755. The van der Waals surface area contributed by atoms with Gasteiger partial charge in [-0.25, -0.2) is 4.39 Å². The average Bonchev–Trinajstić information content (AvgIpc) is 3.09. The molecule has 1 aromatic carbocycles. The van der Waals surface area contributed by atoms with Gasteiger partial charge in [-0.1, -0.05) is 5.16 Å². The Hall–Kier alpha value is -1.99. The lowest BCUT2D eigenvalue weighted by Crippen LogP contribution is -2.20. The van der Waals surface area contributed by atoms with E-state index in [-0.39, 0.29) is 17.8 Å². The first-order valence-electron chi connectivity index (χ1n) is 8.14. The normalized spacial score (nSPS) is 17.0. The standard InChI is InChI=1S/C17H22FN3O3/c1-11(14-9-13(18)3-4-15(14)22-2)19-10-16-20-17(24-21-16)12-5-7-23-8-6-12/h3-4,9,11-12,19H,5-8,10H2,1-2H3/t11-/m1/s1. The second-order valence-electron chi connectivity index (χ2n) is 5.92. The van der Waals surface area contributed by atoms with Crippen molar-refractivity contribution in [3.8, 4) is 5.75 Å². The molecule has 1 atom stereocenters. The number of ether oxygens (including phenoxy) is 2. The molecule has 3 rings (SSSR count). The number of hydrogen-bond donors (Lipinski definition) is 1. The summed E-state index contributed by atoms with van der Waals surface area (Å²) in [4.78, 5) is 4.46. The fourth-order valence-electron chi connectivity index (χ4n) is 2.85. The predicted octanol–water partition coefficient (Wildman–Crippen LogP) is 2.96. The van der Waals surface area contributed by atoms with Crippen LogP contribution in [0.25, 0.3) is 0 Å². The van der Waals surface area contributed by atoms with Crippen molar-refractivity contribution in [3.63, 3.8) is 0 Å². The van der Waals surface area contributed by atoms with Gasteiger partial charge in [-0.15, -0.1) is 0 Å². The molecule has 0 amide bonds. The minimum Gasteiger partial charge on any atom is -0.496 e. The van der Waals surface area contributed by atoms with Crippen molar-refractivity contribution < 1.29 is 18.4 Å². The summed E-state index contributed by atoms with van der Waals surface area (Å²) < 4.78 is 29.5. The Balaban J connectivity index is 1.61. The average molecular weight is 335 g/mol. The van der Waals surface area contributed by atoms with Crippen LogP contribution in [0.1, 0.15) is 49.0 Å². The highest BCUT2D eigenvalue weighted by Crippen LogP contribution is 2.27. The third kappa shape index (κ3) is 3.91. The maximum atomic E-state index is 13.5. The molecule has 1 saturated heterocycles. The van der Waals surface area contributed by atoms with E-state index in [4.69, 9.17) is 14.0 Å². The molecule has 0 radical (unpaired) electrons. The number of hydrogen-bond acceptors (Lipinski definition) is 6. The molecule has 0 aliphatic carbocycles. The third-order valence-electron chi connectivity index (χ3n) is 4.28. The Kier molecular flexibility index (Phi) is 5.42. The fraction of sp³-hybridized carbons (Fsp3) is 0.529. The van der Waals surface area contributed by atoms with Crippen molar-refractivity contribution in [1.82, 2.24) is 15.5 Å². The van der Waals surface area contributed by atoms with Gasteiger partial charge in [-0.2, -0.15) is 4.98 Å². The molecule has 0 unspecified atom stereocenters. The van der Waals surface area contributed by atoms with Gasteiger partial charge in [0.1, 0.15) is 11.6 Å². The molecule has 6 nitrogen and oxygen atoms in total. The number of halogens is 1. The number of rotatable bonds is 6. The van der Waals surface area contributed by atoms with Crippen molar-refractivity contribution in [2.45, 2.75) is 38.3 Å². The van der Waals surface area contributed by atoms with E-state index in [0.717, 1.165) is 31.6 Å². The molecule has 24 heavy (non-hydrogen) atoms. The highest BCUT2D eigenvalue weighted by Gasteiger charge is 2.22. The molecule has 1 fully saturated rings. The molecular formula is C17H22FN3O3. The summed E-state index contributed by atoms with van der Waals surface area (Å²) in [7, 11) is 1.57. The largest absolute Gasteiger partial charge is 0.496 e. The van der Waals surface area contributed by atoms with E-state index in [1.165, 1.54) is 12.1 Å². The molecule has 2 aromatic rings. The Morgan fingerprint density at radius 2 is 2.17 bits per heavy atom. The summed E-state index contributed by atoms with van der Waals surface area (Å²) in [6.07, 6.45) is 1.82. The summed E-state index contributed by atoms with van der Waals surface area (Å²) >= 11 is 0. The first kappa shape index (κ1) is 16.9. The van der Waals surface area contributed by atoms with Crippen LogP contribution >= 0.6 is 0 Å². The summed E-state index contributed by atoms with van der Waals surface area (Å²) in [5.74, 6) is 1.90. The van der Waals surface area contributed by atoms with Gasteiger partial charge in [0.25, 0.3) is 0 Å². The van der Waals surface area contributed by atoms with E-state index < -0.39 is 0 Å². The Morgan fingerprint density at radius 3 is 2.92 bits per heavy atom. The second-order valence-corrected chi connectivity index (χ2v) is 5.92. The van der Waals surface area contributed by atoms with Gasteiger partial charge in [-0.3, -0.25) is 0 Å². The lowest BCUT2D eigenvalue weighted by Gasteiger charge is -2.18. The number of nitrogens with one attached hydrogen (secondary N) is 1. The second kappa shape index (κ2) is 7.72. The minimum atomic E-state index is -0.291. The zero-order chi connectivity index (χ0) is 16.9. The first-order chi connectivity index (χ1) is 11.7. The summed E-state index contributed by atoms with van der Waals surface area (Å²) in [5, 5.41) is 7.30. The van der Waals surface area contributed by atoms with Crippen LogP contribution in [0, 0.1) is 5.82 Å². The highest BCUT2D eigenvalue weighted by molar-refractivity contribution is 5.36. The maximum absolute atomic E-state index is 13.5. The van der Waals surface area contributed by atoms with E-state index in [0.29, 0.717) is 24.0 Å². The zero-order valence-electron chi connectivity index (χ0n) is 13.9. The topological polar surface area (TPSA) is 69.4 Å². The Morgan fingerprint density at radius 1 is 1.38 bits per heavy atom. The zero-order valence-corrected chi connectivity index (χ0v) is 13.9. The molecule has 1 aliphatic rings. The fourth-order valence-corrected chi connectivity index (χ4v) is 2.85. The van der Waals surface area contributed by atoms with Crippen molar-refractivity contribution in [2.75, 3.05) is 20.3 Å². The lowest BCUT2D eigenvalue weighted by molar-refractivity contribution is 0.0778. The monoisotopic (exact) mass is 335 g/mol. The van der Waals surface area contributed by atoms with Gasteiger partial charge in [0, 0.05) is 30.7 Å². The minimum absolute atomic E-state index is 0.110. The SMILES string of the molecule is COc1ccc(F)cc1[C@@H](C)NCc1noc(C2CCOCC2)n1. The van der Waals surface area contributed by atoms with Crippen LogP contribution in [0.2, 0.25) is 0 Å². The van der Waals surface area contributed by atoms with E-state index in [9.17, 15) is 4.39 Å². The van der Waals surface area contributed by atoms with E-state index >= 15 is 0 Å². The lowest BCUT2D eigenvalue weighted by atomic mass is 10.0. The molecule has 0 spiro atoms. The highest BCUT2D eigenvalue weighted by atomic mass is 19.1. The molecule has 2 heterocycles. The molecule has 1 N–H and O–H groups in total.